The fraction of sp³-hybridized carbons (Fsp3) is 0.412. The number of fused-ring (bicyclic) bond motifs is 1. The van der Waals surface area contributed by atoms with E-state index in [0.29, 0.717) is 24.7 Å². The summed E-state index contributed by atoms with van der Waals surface area (Å²) in [6.45, 7) is 3.40. The van der Waals surface area contributed by atoms with Gasteiger partial charge in [0.2, 0.25) is 5.56 Å². The lowest BCUT2D eigenvalue weighted by Crippen LogP contribution is -2.41. The highest BCUT2D eigenvalue weighted by Gasteiger charge is 2.22. The first kappa shape index (κ1) is 15.6. The number of carbonyl (C=O) groups excluding carboxylic acids is 1. The molecule has 2 amide bonds. The van der Waals surface area contributed by atoms with E-state index < -0.39 is 0 Å². The van der Waals surface area contributed by atoms with Gasteiger partial charge in [-0.3, -0.25) is 4.79 Å². The van der Waals surface area contributed by atoms with Gasteiger partial charge in [0.15, 0.2) is 0 Å². The van der Waals surface area contributed by atoms with Gasteiger partial charge < -0.3 is 20.3 Å². The average Bonchev–Trinajstić information content (AvgIpc) is 2.55. The maximum atomic E-state index is 12.3. The molecular formula is C17H21N3O3. The summed E-state index contributed by atoms with van der Waals surface area (Å²) in [5.74, 6) is 0.305. The normalized spacial score (nSPS) is 15.8. The van der Waals surface area contributed by atoms with Crippen LogP contribution in [0.25, 0.3) is 10.9 Å². The van der Waals surface area contributed by atoms with Crippen molar-refractivity contribution in [1.82, 2.24) is 9.88 Å². The highest BCUT2D eigenvalue weighted by molar-refractivity contribution is 5.93. The molecule has 1 aromatic carbocycles. The van der Waals surface area contributed by atoms with Crippen LogP contribution >= 0.6 is 0 Å². The number of pyridine rings is 1. The number of hydrogen-bond donors (Lipinski definition) is 3. The Balaban J connectivity index is 1.74. The van der Waals surface area contributed by atoms with Gasteiger partial charge in [-0.2, -0.15) is 0 Å². The topological polar surface area (TPSA) is 85.4 Å². The van der Waals surface area contributed by atoms with E-state index in [1.807, 2.05) is 13.0 Å². The van der Waals surface area contributed by atoms with E-state index in [2.05, 4.69) is 10.3 Å². The number of piperidine rings is 1. The van der Waals surface area contributed by atoms with Crippen molar-refractivity contribution >= 4 is 22.6 Å². The van der Waals surface area contributed by atoms with Crippen molar-refractivity contribution in [3.63, 3.8) is 0 Å². The zero-order chi connectivity index (χ0) is 16.4. The molecule has 1 fully saturated rings. The fourth-order valence-electron chi connectivity index (χ4n) is 3.02. The Kier molecular flexibility index (Phi) is 4.34. The van der Waals surface area contributed by atoms with Gasteiger partial charge >= 0.3 is 6.03 Å². The molecule has 0 spiro atoms. The summed E-state index contributed by atoms with van der Waals surface area (Å²) in [4.78, 5) is 28.4. The highest BCUT2D eigenvalue weighted by atomic mass is 16.3. The lowest BCUT2D eigenvalue weighted by atomic mass is 9.98. The van der Waals surface area contributed by atoms with Crippen LogP contribution in [-0.4, -0.2) is 40.7 Å². The lowest BCUT2D eigenvalue weighted by molar-refractivity contribution is 0.143. The van der Waals surface area contributed by atoms with Crippen LogP contribution in [0.2, 0.25) is 0 Å². The molecule has 2 aromatic rings. The molecule has 2 heterocycles. The quantitative estimate of drug-likeness (QED) is 0.793. The van der Waals surface area contributed by atoms with E-state index in [-0.39, 0.29) is 18.2 Å². The van der Waals surface area contributed by atoms with Crippen molar-refractivity contribution in [3.8, 4) is 0 Å². The number of H-pyrrole nitrogens is 1. The van der Waals surface area contributed by atoms with Crippen LogP contribution in [0.4, 0.5) is 10.5 Å². The van der Waals surface area contributed by atoms with E-state index in [0.717, 1.165) is 29.3 Å². The lowest BCUT2D eigenvalue weighted by Gasteiger charge is -2.31. The van der Waals surface area contributed by atoms with E-state index in [9.17, 15) is 9.59 Å². The number of aromatic amines is 1. The molecule has 1 aliphatic heterocycles. The number of aliphatic hydroxyl groups is 1. The van der Waals surface area contributed by atoms with Crippen molar-refractivity contribution in [2.24, 2.45) is 5.92 Å². The Morgan fingerprint density at radius 1 is 1.35 bits per heavy atom. The van der Waals surface area contributed by atoms with Gasteiger partial charge in [0.05, 0.1) is 0 Å². The summed E-state index contributed by atoms with van der Waals surface area (Å²) in [5, 5.41) is 13.0. The number of anilines is 1. The molecule has 23 heavy (non-hydrogen) atoms. The number of likely N-dealkylation sites (tertiary alicyclic amines) is 1. The number of carbonyl (C=O) groups is 1. The molecule has 3 N–H and O–H groups in total. The number of amides is 2. The summed E-state index contributed by atoms with van der Waals surface area (Å²) in [5.41, 5.74) is 2.22. The van der Waals surface area contributed by atoms with Crippen LogP contribution in [0.3, 0.4) is 0 Å². The predicted molar refractivity (Wildman–Crippen MR) is 89.7 cm³/mol. The van der Waals surface area contributed by atoms with Crippen LogP contribution < -0.4 is 10.9 Å². The van der Waals surface area contributed by atoms with Crippen LogP contribution in [0.1, 0.15) is 18.4 Å². The van der Waals surface area contributed by atoms with Gasteiger partial charge in [-0.1, -0.05) is 0 Å². The van der Waals surface area contributed by atoms with Gasteiger partial charge in [0.1, 0.15) is 0 Å². The highest BCUT2D eigenvalue weighted by Crippen LogP contribution is 2.21. The number of hydrogen-bond acceptors (Lipinski definition) is 3. The van der Waals surface area contributed by atoms with Crippen LogP contribution in [0.5, 0.6) is 0 Å². The number of nitrogens with zero attached hydrogens (tertiary/aromatic N) is 1. The zero-order valence-electron chi connectivity index (χ0n) is 13.1. The van der Waals surface area contributed by atoms with Gasteiger partial charge in [0, 0.05) is 42.4 Å². The van der Waals surface area contributed by atoms with Gasteiger partial charge in [-0.05, 0) is 49.4 Å². The SMILES string of the molecule is Cc1cc(=O)[nH]c2ccc(NC(=O)N3CCC(CO)CC3)cc12. The molecule has 6 heteroatoms. The molecule has 0 unspecified atom stereocenters. The van der Waals surface area contributed by atoms with Crippen LogP contribution in [0.15, 0.2) is 29.1 Å². The summed E-state index contributed by atoms with van der Waals surface area (Å²) in [6, 6.07) is 6.89. The van der Waals surface area contributed by atoms with Crippen molar-refractivity contribution in [1.29, 1.82) is 0 Å². The average molecular weight is 315 g/mol. The molecule has 3 rings (SSSR count). The minimum absolute atomic E-state index is 0.122. The number of benzene rings is 1. The molecule has 0 aliphatic carbocycles. The van der Waals surface area contributed by atoms with E-state index in [4.69, 9.17) is 5.11 Å². The third-order valence-corrected chi connectivity index (χ3v) is 4.46. The standard InChI is InChI=1S/C17H21N3O3/c1-11-8-16(22)19-15-3-2-13(9-14(11)15)18-17(23)20-6-4-12(10-21)5-7-20/h2-3,8-9,12,21H,4-7,10H2,1H3,(H,18,23)(H,19,22). The van der Waals surface area contributed by atoms with Crippen molar-refractivity contribution in [2.45, 2.75) is 19.8 Å². The molecule has 0 atom stereocenters. The number of urea groups is 1. The number of aromatic nitrogens is 1. The second-order valence-corrected chi connectivity index (χ2v) is 6.12. The third kappa shape index (κ3) is 3.37. The number of aliphatic hydroxyl groups excluding tert-OH is 1. The first-order chi connectivity index (χ1) is 11.1. The Hall–Kier alpha value is -2.34. The number of nitrogens with one attached hydrogen (secondary N) is 2. The van der Waals surface area contributed by atoms with E-state index in [1.54, 1.807) is 23.1 Å². The van der Waals surface area contributed by atoms with Crippen molar-refractivity contribution in [2.75, 3.05) is 25.0 Å². The maximum Gasteiger partial charge on any atom is 0.321 e. The Labute approximate surface area is 134 Å². The van der Waals surface area contributed by atoms with Gasteiger partial charge in [-0.15, -0.1) is 0 Å². The minimum Gasteiger partial charge on any atom is -0.396 e. The number of rotatable bonds is 2. The minimum atomic E-state index is -0.126. The largest absolute Gasteiger partial charge is 0.396 e. The second kappa shape index (κ2) is 6.42. The monoisotopic (exact) mass is 315 g/mol. The molecule has 1 aromatic heterocycles. The zero-order valence-corrected chi connectivity index (χ0v) is 13.1. The molecule has 1 saturated heterocycles. The predicted octanol–water partition coefficient (Wildman–Crippen LogP) is 2.07. The summed E-state index contributed by atoms with van der Waals surface area (Å²) in [7, 11) is 0. The summed E-state index contributed by atoms with van der Waals surface area (Å²) in [6.07, 6.45) is 1.67. The van der Waals surface area contributed by atoms with Gasteiger partial charge in [-0.25, -0.2) is 4.79 Å². The van der Waals surface area contributed by atoms with Crippen molar-refractivity contribution < 1.29 is 9.90 Å². The molecule has 1 aliphatic rings. The van der Waals surface area contributed by atoms with E-state index >= 15 is 0 Å². The first-order valence-corrected chi connectivity index (χ1v) is 7.87. The third-order valence-electron chi connectivity index (χ3n) is 4.46. The van der Waals surface area contributed by atoms with Crippen molar-refractivity contribution in [3.05, 3.63) is 40.2 Å². The maximum absolute atomic E-state index is 12.3. The van der Waals surface area contributed by atoms with Gasteiger partial charge in [0.25, 0.3) is 0 Å². The Morgan fingerprint density at radius 2 is 2.09 bits per heavy atom. The molecular weight excluding hydrogens is 294 g/mol. The molecule has 0 radical (unpaired) electrons. The Bertz CT molecular complexity index is 776. The second-order valence-electron chi connectivity index (χ2n) is 6.12. The molecule has 122 valence electrons. The Morgan fingerprint density at radius 3 is 2.78 bits per heavy atom. The van der Waals surface area contributed by atoms with E-state index in [1.165, 1.54) is 0 Å². The van der Waals surface area contributed by atoms with Crippen LogP contribution in [-0.2, 0) is 0 Å². The summed E-state index contributed by atoms with van der Waals surface area (Å²) >= 11 is 0. The van der Waals surface area contributed by atoms with Crippen LogP contribution in [0, 0.1) is 12.8 Å². The molecule has 0 bridgehead atoms. The molecule has 6 nitrogen and oxygen atoms in total. The summed E-state index contributed by atoms with van der Waals surface area (Å²) < 4.78 is 0. The molecule has 0 saturated carbocycles. The fourth-order valence-corrected chi connectivity index (χ4v) is 3.02. The number of aryl methyl sites for hydroxylation is 1. The smallest absolute Gasteiger partial charge is 0.321 e. The first-order valence-electron chi connectivity index (χ1n) is 7.87.